The van der Waals surface area contributed by atoms with Crippen molar-refractivity contribution in [1.82, 2.24) is 14.8 Å². The lowest BCUT2D eigenvalue weighted by Gasteiger charge is -2.29. The number of hydrogen-bond acceptors (Lipinski definition) is 6. The van der Waals surface area contributed by atoms with Gasteiger partial charge in [0.05, 0.1) is 14.2 Å². The van der Waals surface area contributed by atoms with Crippen molar-refractivity contribution in [3.63, 3.8) is 0 Å². The molecular formula is C21H27N3O4. The summed E-state index contributed by atoms with van der Waals surface area (Å²) in [5.41, 5.74) is 1.82. The zero-order chi connectivity index (χ0) is 19.9. The maximum Gasteiger partial charge on any atom is 0.325 e. The van der Waals surface area contributed by atoms with E-state index < -0.39 is 12.0 Å². The van der Waals surface area contributed by atoms with Crippen LogP contribution in [0.2, 0.25) is 0 Å². The fourth-order valence-electron chi connectivity index (χ4n) is 3.69. The summed E-state index contributed by atoms with van der Waals surface area (Å²) in [6.07, 6.45) is 4.56. The zero-order valence-electron chi connectivity index (χ0n) is 16.4. The van der Waals surface area contributed by atoms with Crippen LogP contribution in [0.4, 0.5) is 0 Å². The summed E-state index contributed by atoms with van der Waals surface area (Å²) in [6, 6.07) is 8.56. The maximum absolute atomic E-state index is 12.2. The normalized spacial score (nSPS) is 16.9. The molecule has 1 atom stereocenters. The number of benzene rings is 1. The monoisotopic (exact) mass is 385 g/mol. The fraction of sp³-hybridized carbons (Fsp3) is 0.429. The van der Waals surface area contributed by atoms with Crippen molar-refractivity contribution < 1.29 is 19.4 Å². The van der Waals surface area contributed by atoms with E-state index in [0.717, 1.165) is 32.6 Å². The minimum atomic E-state index is -0.871. The van der Waals surface area contributed by atoms with Crippen LogP contribution in [0, 0.1) is 0 Å². The van der Waals surface area contributed by atoms with Gasteiger partial charge in [0.25, 0.3) is 0 Å². The standard InChI is InChI=1S/C21H27N3O4/c1-27-17-6-7-18(19(13-17)28-2)20(21(25)26)24-10-4-9-23(11-12-24)15-16-5-3-8-22-14-16/h3,5-8,13-14,20H,4,9-12,15H2,1-2H3,(H,25,26). The average Bonchev–Trinajstić information content (AvgIpc) is 2.94. The van der Waals surface area contributed by atoms with Crippen molar-refractivity contribution in [2.75, 3.05) is 40.4 Å². The van der Waals surface area contributed by atoms with Crippen LogP contribution in [0.15, 0.2) is 42.7 Å². The first-order chi connectivity index (χ1) is 13.6. The molecule has 1 unspecified atom stereocenters. The number of carbonyl (C=O) groups is 1. The van der Waals surface area contributed by atoms with Crippen molar-refractivity contribution in [3.05, 3.63) is 53.9 Å². The molecule has 7 nitrogen and oxygen atoms in total. The van der Waals surface area contributed by atoms with Crippen LogP contribution >= 0.6 is 0 Å². The molecule has 1 aromatic carbocycles. The third-order valence-corrected chi connectivity index (χ3v) is 5.09. The van der Waals surface area contributed by atoms with Crippen LogP contribution in [0.5, 0.6) is 11.5 Å². The van der Waals surface area contributed by atoms with Crippen LogP contribution < -0.4 is 9.47 Å². The third-order valence-electron chi connectivity index (χ3n) is 5.09. The van der Waals surface area contributed by atoms with E-state index >= 15 is 0 Å². The molecule has 1 fully saturated rings. The highest BCUT2D eigenvalue weighted by molar-refractivity contribution is 5.77. The minimum absolute atomic E-state index is 0.531. The van der Waals surface area contributed by atoms with E-state index in [9.17, 15) is 9.90 Å². The molecule has 1 N–H and O–H groups in total. The van der Waals surface area contributed by atoms with E-state index in [4.69, 9.17) is 9.47 Å². The molecule has 28 heavy (non-hydrogen) atoms. The Morgan fingerprint density at radius 3 is 2.71 bits per heavy atom. The number of carboxylic acid groups (broad SMARTS) is 1. The summed E-state index contributed by atoms with van der Waals surface area (Å²) in [5.74, 6) is 0.302. The third kappa shape index (κ3) is 4.79. The molecule has 1 aliphatic heterocycles. The molecule has 1 aliphatic rings. The van der Waals surface area contributed by atoms with Gasteiger partial charge >= 0.3 is 5.97 Å². The number of methoxy groups -OCH3 is 2. The molecule has 1 saturated heterocycles. The summed E-state index contributed by atoms with van der Waals surface area (Å²) >= 11 is 0. The highest BCUT2D eigenvalue weighted by Gasteiger charge is 2.31. The number of nitrogens with zero attached hydrogens (tertiary/aromatic N) is 3. The van der Waals surface area contributed by atoms with E-state index in [1.165, 1.54) is 5.56 Å². The van der Waals surface area contributed by atoms with Crippen LogP contribution in [-0.2, 0) is 11.3 Å². The second-order valence-corrected chi connectivity index (χ2v) is 6.88. The molecule has 0 spiro atoms. The molecule has 0 aliphatic carbocycles. The van der Waals surface area contributed by atoms with Crippen molar-refractivity contribution in [2.45, 2.75) is 19.0 Å². The molecule has 1 aromatic heterocycles. The van der Waals surface area contributed by atoms with Gasteiger partial charge in [-0.3, -0.25) is 19.6 Å². The van der Waals surface area contributed by atoms with Gasteiger partial charge in [-0.2, -0.15) is 0 Å². The van der Waals surface area contributed by atoms with E-state index in [1.807, 2.05) is 17.2 Å². The summed E-state index contributed by atoms with van der Waals surface area (Å²) in [7, 11) is 3.13. The van der Waals surface area contributed by atoms with E-state index in [-0.39, 0.29) is 0 Å². The quantitative estimate of drug-likeness (QED) is 0.784. The summed E-state index contributed by atoms with van der Waals surface area (Å²) in [5, 5.41) is 9.97. The van der Waals surface area contributed by atoms with Gasteiger partial charge in [-0.15, -0.1) is 0 Å². The van der Waals surface area contributed by atoms with Gasteiger partial charge in [-0.25, -0.2) is 0 Å². The second-order valence-electron chi connectivity index (χ2n) is 6.88. The van der Waals surface area contributed by atoms with Gasteiger partial charge in [-0.1, -0.05) is 6.07 Å². The topological polar surface area (TPSA) is 75.1 Å². The fourth-order valence-corrected chi connectivity index (χ4v) is 3.69. The highest BCUT2D eigenvalue weighted by atomic mass is 16.5. The lowest BCUT2D eigenvalue weighted by atomic mass is 10.0. The largest absolute Gasteiger partial charge is 0.497 e. The van der Waals surface area contributed by atoms with Crippen molar-refractivity contribution >= 4 is 5.97 Å². The van der Waals surface area contributed by atoms with Crippen molar-refractivity contribution in [2.24, 2.45) is 0 Å². The molecule has 0 amide bonds. The maximum atomic E-state index is 12.2. The smallest absolute Gasteiger partial charge is 0.325 e. The SMILES string of the molecule is COc1ccc(C(C(=O)O)N2CCCN(Cc3cccnc3)CC2)c(OC)c1. The summed E-state index contributed by atoms with van der Waals surface area (Å²) < 4.78 is 10.7. The second kappa shape index (κ2) is 9.52. The van der Waals surface area contributed by atoms with Gasteiger partial charge in [0.1, 0.15) is 17.5 Å². The number of carboxylic acids is 1. The molecule has 0 radical (unpaired) electrons. The Morgan fingerprint density at radius 2 is 2.04 bits per heavy atom. The van der Waals surface area contributed by atoms with Crippen LogP contribution in [0.1, 0.15) is 23.6 Å². The number of rotatable bonds is 7. The van der Waals surface area contributed by atoms with Gasteiger partial charge < -0.3 is 14.6 Å². The molecule has 150 valence electrons. The van der Waals surface area contributed by atoms with Crippen LogP contribution in [-0.4, -0.2) is 66.3 Å². The molecule has 3 rings (SSSR count). The Labute approximate surface area is 165 Å². The molecule has 7 heteroatoms. The Hall–Kier alpha value is -2.64. The summed E-state index contributed by atoms with van der Waals surface area (Å²) in [4.78, 5) is 20.7. The van der Waals surface area contributed by atoms with Gasteiger partial charge in [-0.05, 0) is 36.7 Å². The van der Waals surface area contributed by atoms with Crippen molar-refractivity contribution in [1.29, 1.82) is 0 Å². The van der Waals surface area contributed by atoms with Crippen molar-refractivity contribution in [3.8, 4) is 11.5 Å². The molecule has 2 aromatic rings. The van der Waals surface area contributed by atoms with E-state index in [0.29, 0.717) is 23.6 Å². The molecule has 2 heterocycles. The highest BCUT2D eigenvalue weighted by Crippen LogP contribution is 2.33. The predicted octanol–water partition coefficient (Wildman–Crippen LogP) is 2.43. The lowest BCUT2D eigenvalue weighted by Crippen LogP contribution is -2.37. The number of pyridine rings is 1. The first-order valence-electron chi connectivity index (χ1n) is 9.42. The number of aromatic nitrogens is 1. The first-order valence-corrected chi connectivity index (χ1v) is 9.42. The Kier molecular flexibility index (Phi) is 6.84. The summed E-state index contributed by atoms with van der Waals surface area (Å²) in [6.45, 7) is 3.95. The number of hydrogen-bond donors (Lipinski definition) is 1. The van der Waals surface area contributed by atoms with E-state index in [2.05, 4.69) is 16.0 Å². The Balaban J connectivity index is 1.75. The predicted molar refractivity (Wildman–Crippen MR) is 106 cm³/mol. The Bertz CT molecular complexity index is 784. The minimum Gasteiger partial charge on any atom is -0.497 e. The van der Waals surface area contributed by atoms with Gasteiger partial charge in [0.15, 0.2) is 0 Å². The Morgan fingerprint density at radius 1 is 1.18 bits per heavy atom. The average molecular weight is 385 g/mol. The molecule has 0 bridgehead atoms. The lowest BCUT2D eigenvalue weighted by molar-refractivity contribution is -0.143. The first kappa shape index (κ1) is 20.1. The van der Waals surface area contributed by atoms with Gasteiger partial charge in [0, 0.05) is 50.2 Å². The molecule has 0 saturated carbocycles. The van der Waals surface area contributed by atoms with Gasteiger partial charge in [0.2, 0.25) is 0 Å². The van der Waals surface area contributed by atoms with Crippen LogP contribution in [0.3, 0.4) is 0 Å². The van der Waals surface area contributed by atoms with E-state index in [1.54, 1.807) is 38.6 Å². The molecular weight excluding hydrogens is 358 g/mol. The zero-order valence-corrected chi connectivity index (χ0v) is 16.4. The number of ether oxygens (including phenoxy) is 2. The van der Waals surface area contributed by atoms with Crippen LogP contribution in [0.25, 0.3) is 0 Å². The number of aliphatic carboxylic acids is 1.